The molecule has 1 N–H and O–H groups in total. The van der Waals surface area contributed by atoms with Crippen LogP contribution < -0.4 is 4.74 Å². The van der Waals surface area contributed by atoms with E-state index in [1.165, 1.54) is 11.6 Å². The Bertz CT molecular complexity index is 495. The van der Waals surface area contributed by atoms with Crippen molar-refractivity contribution < 1.29 is 14.6 Å². The highest BCUT2D eigenvalue weighted by molar-refractivity contribution is 9.10. The summed E-state index contributed by atoms with van der Waals surface area (Å²) in [6, 6.07) is 5.38. The van der Waals surface area contributed by atoms with E-state index in [2.05, 4.69) is 15.9 Å². The molecule has 0 spiro atoms. The lowest BCUT2D eigenvalue weighted by Gasteiger charge is -2.09. The Morgan fingerprint density at radius 3 is 2.89 bits per heavy atom. The standard InChI is InChI=1S/C13H12BrClO3/c1-9(7-15)8-18-12-4-3-11(14)6-10(12)2-5-13(16)17/h2-7H,8H2,1H3,(H,16,17)/b5-2+,9-7-. The Morgan fingerprint density at radius 2 is 2.28 bits per heavy atom. The Morgan fingerprint density at radius 1 is 1.56 bits per heavy atom. The number of halogens is 2. The highest BCUT2D eigenvalue weighted by Crippen LogP contribution is 2.25. The van der Waals surface area contributed by atoms with E-state index in [1.54, 1.807) is 12.1 Å². The van der Waals surface area contributed by atoms with E-state index >= 15 is 0 Å². The van der Waals surface area contributed by atoms with Gasteiger partial charge in [0.1, 0.15) is 12.4 Å². The van der Waals surface area contributed by atoms with Crippen molar-refractivity contribution in [2.75, 3.05) is 6.61 Å². The summed E-state index contributed by atoms with van der Waals surface area (Å²) in [6.45, 7) is 2.21. The molecule has 1 aromatic carbocycles. The van der Waals surface area contributed by atoms with Crippen LogP contribution in [-0.4, -0.2) is 17.7 Å². The first-order chi connectivity index (χ1) is 8.52. The second kappa shape index (κ2) is 7.24. The van der Waals surface area contributed by atoms with E-state index in [4.69, 9.17) is 21.4 Å². The van der Waals surface area contributed by atoms with Gasteiger partial charge in [0.05, 0.1) is 0 Å². The van der Waals surface area contributed by atoms with Crippen molar-refractivity contribution in [3.05, 3.63) is 45.4 Å². The summed E-state index contributed by atoms with van der Waals surface area (Å²) in [7, 11) is 0. The topological polar surface area (TPSA) is 46.5 Å². The first-order valence-electron chi connectivity index (χ1n) is 5.12. The lowest BCUT2D eigenvalue weighted by Crippen LogP contribution is -1.99. The van der Waals surface area contributed by atoms with Gasteiger partial charge in [-0.05, 0) is 36.8 Å². The molecule has 96 valence electrons. The van der Waals surface area contributed by atoms with Gasteiger partial charge in [0, 0.05) is 21.6 Å². The molecule has 0 aliphatic heterocycles. The van der Waals surface area contributed by atoms with Gasteiger partial charge in [-0.15, -0.1) is 0 Å². The second-order valence-electron chi connectivity index (χ2n) is 3.60. The van der Waals surface area contributed by atoms with E-state index in [0.717, 1.165) is 16.1 Å². The maximum atomic E-state index is 10.5. The highest BCUT2D eigenvalue weighted by atomic mass is 79.9. The van der Waals surface area contributed by atoms with Crippen molar-refractivity contribution in [2.24, 2.45) is 0 Å². The minimum atomic E-state index is -1.00. The van der Waals surface area contributed by atoms with Gasteiger partial charge in [-0.3, -0.25) is 0 Å². The second-order valence-corrected chi connectivity index (χ2v) is 4.73. The van der Waals surface area contributed by atoms with E-state index < -0.39 is 5.97 Å². The largest absolute Gasteiger partial charge is 0.489 e. The van der Waals surface area contributed by atoms with Crippen LogP contribution in [-0.2, 0) is 4.79 Å². The molecular formula is C13H12BrClO3. The molecule has 1 aromatic rings. The molecule has 0 aromatic heterocycles. The van der Waals surface area contributed by atoms with Crippen molar-refractivity contribution in [3.8, 4) is 5.75 Å². The molecule has 0 radical (unpaired) electrons. The fraction of sp³-hybridized carbons (Fsp3) is 0.154. The first kappa shape index (κ1) is 14.8. The van der Waals surface area contributed by atoms with Crippen molar-refractivity contribution in [1.82, 2.24) is 0 Å². The van der Waals surface area contributed by atoms with Crippen LogP contribution in [0.15, 0.2) is 39.9 Å². The van der Waals surface area contributed by atoms with Crippen LogP contribution in [0.3, 0.4) is 0 Å². The number of carbonyl (C=O) groups is 1. The molecule has 18 heavy (non-hydrogen) atoms. The number of aliphatic carboxylic acids is 1. The third-order valence-corrected chi connectivity index (χ3v) is 2.88. The monoisotopic (exact) mass is 330 g/mol. The van der Waals surface area contributed by atoms with Crippen LogP contribution in [0.4, 0.5) is 0 Å². The first-order valence-corrected chi connectivity index (χ1v) is 6.35. The van der Waals surface area contributed by atoms with Crippen LogP contribution >= 0.6 is 27.5 Å². The summed E-state index contributed by atoms with van der Waals surface area (Å²) in [5.41, 5.74) is 3.02. The zero-order valence-corrected chi connectivity index (χ0v) is 12.0. The van der Waals surface area contributed by atoms with Gasteiger partial charge in [-0.2, -0.15) is 0 Å². The van der Waals surface area contributed by atoms with Crippen molar-refractivity contribution >= 4 is 39.6 Å². The van der Waals surface area contributed by atoms with Gasteiger partial charge in [0.15, 0.2) is 0 Å². The van der Waals surface area contributed by atoms with Crippen LogP contribution in [0.2, 0.25) is 0 Å². The molecule has 0 amide bonds. The van der Waals surface area contributed by atoms with Crippen molar-refractivity contribution in [3.63, 3.8) is 0 Å². The van der Waals surface area contributed by atoms with E-state index in [1.807, 2.05) is 13.0 Å². The number of rotatable bonds is 5. The van der Waals surface area contributed by atoms with Crippen LogP contribution in [0, 0.1) is 0 Å². The summed E-state index contributed by atoms with van der Waals surface area (Å²) in [4.78, 5) is 10.5. The predicted octanol–water partition coefficient (Wildman–Crippen LogP) is 4.07. The van der Waals surface area contributed by atoms with Gasteiger partial charge in [0.2, 0.25) is 0 Å². The molecule has 1 rings (SSSR count). The Balaban J connectivity index is 2.92. The molecule has 0 atom stereocenters. The average molecular weight is 332 g/mol. The number of ether oxygens (including phenoxy) is 1. The molecule has 3 nitrogen and oxygen atoms in total. The van der Waals surface area contributed by atoms with Gasteiger partial charge in [-0.1, -0.05) is 27.5 Å². The molecule has 0 aliphatic carbocycles. The van der Waals surface area contributed by atoms with E-state index in [-0.39, 0.29) is 0 Å². The van der Waals surface area contributed by atoms with Gasteiger partial charge in [0.25, 0.3) is 0 Å². The number of carboxylic acids is 1. The molecule has 0 aliphatic rings. The zero-order valence-electron chi connectivity index (χ0n) is 9.69. The van der Waals surface area contributed by atoms with Gasteiger partial charge < -0.3 is 9.84 Å². The molecule has 5 heteroatoms. The molecular weight excluding hydrogens is 319 g/mol. The third-order valence-electron chi connectivity index (χ3n) is 2.02. The molecule has 0 fully saturated rings. The zero-order chi connectivity index (χ0) is 13.5. The number of carboxylic acid groups (broad SMARTS) is 1. The lowest BCUT2D eigenvalue weighted by molar-refractivity contribution is -0.131. The number of hydrogen-bond donors (Lipinski definition) is 1. The van der Waals surface area contributed by atoms with E-state index in [9.17, 15) is 4.79 Å². The predicted molar refractivity (Wildman–Crippen MR) is 75.9 cm³/mol. The average Bonchev–Trinajstić information content (AvgIpc) is 2.34. The van der Waals surface area contributed by atoms with Gasteiger partial charge >= 0.3 is 5.97 Å². The number of benzene rings is 1. The summed E-state index contributed by atoms with van der Waals surface area (Å²) >= 11 is 8.87. The fourth-order valence-corrected chi connectivity index (χ4v) is 1.61. The minimum absolute atomic E-state index is 0.360. The Hall–Kier alpha value is -1.26. The number of hydrogen-bond acceptors (Lipinski definition) is 2. The van der Waals surface area contributed by atoms with Crippen molar-refractivity contribution in [1.29, 1.82) is 0 Å². The smallest absolute Gasteiger partial charge is 0.328 e. The summed E-state index contributed by atoms with van der Waals surface area (Å²) in [6.07, 6.45) is 2.56. The lowest BCUT2D eigenvalue weighted by atomic mass is 10.2. The molecule has 0 bridgehead atoms. The van der Waals surface area contributed by atoms with Crippen molar-refractivity contribution in [2.45, 2.75) is 6.92 Å². The summed E-state index contributed by atoms with van der Waals surface area (Å²) in [5.74, 6) is -0.397. The quantitative estimate of drug-likeness (QED) is 0.827. The third kappa shape index (κ3) is 4.94. The maximum Gasteiger partial charge on any atom is 0.328 e. The fourth-order valence-electron chi connectivity index (χ4n) is 1.17. The van der Waals surface area contributed by atoms with Crippen LogP contribution in [0.5, 0.6) is 5.75 Å². The SMILES string of the molecule is C/C(=C/Cl)COc1ccc(Br)cc1/C=C/C(=O)O. The summed E-state index contributed by atoms with van der Waals surface area (Å²) in [5, 5.41) is 8.63. The molecule has 0 saturated carbocycles. The molecule has 0 saturated heterocycles. The van der Waals surface area contributed by atoms with Crippen LogP contribution in [0.25, 0.3) is 6.08 Å². The van der Waals surface area contributed by atoms with Gasteiger partial charge in [-0.25, -0.2) is 4.79 Å². The Labute approximate surface area is 119 Å². The molecule has 0 unspecified atom stereocenters. The maximum absolute atomic E-state index is 10.5. The normalized spacial score (nSPS) is 11.8. The van der Waals surface area contributed by atoms with E-state index in [0.29, 0.717) is 17.9 Å². The van der Waals surface area contributed by atoms with Crippen LogP contribution in [0.1, 0.15) is 12.5 Å². The Kier molecular flexibility index (Phi) is 5.95. The summed E-state index contributed by atoms with van der Waals surface area (Å²) < 4.78 is 6.41. The molecule has 0 heterocycles. The minimum Gasteiger partial charge on any atom is -0.489 e. The highest BCUT2D eigenvalue weighted by Gasteiger charge is 2.03.